The number of hydrogen-bond donors (Lipinski definition) is 3. The van der Waals surface area contributed by atoms with E-state index in [-0.39, 0.29) is 19.4 Å². The molecule has 2 atom stereocenters. The molecule has 0 bridgehead atoms. The number of ether oxygens (including phenoxy) is 1. The average molecular weight is 318 g/mol. The first-order valence-electron chi connectivity index (χ1n) is 8.15. The molecule has 6 nitrogen and oxygen atoms in total. The number of carbonyl (C=O) groups is 2. The van der Waals surface area contributed by atoms with Gasteiger partial charge < -0.3 is 20.1 Å². The van der Waals surface area contributed by atoms with E-state index in [1.807, 2.05) is 20.8 Å². The van der Waals surface area contributed by atoms with Crippen LogP contribution in [0.4, 0.5) is 0 Å². The molecule has 0 amide bonds. The highest BCUT2D eigenvalue weighted by Crippen LogP contribution is 2.37. The van der Waals surface area contributed by atoms with Crippen LogP contribution in [0, 0.1) is 0 Å². The van der Waals surface area contributed by atoms with E-state index in [0.29, 0.717) is 32.1 Å². The van der Waals surface area contributed by atoms with E-state index in [1.165, 1.54) is 0 Å². The van der Waals surface area contributed by atoms with Gasteiger partial charge in [0.15, 0.2) is 0 Å². The zero-order valence-corrected chi connectivity index (χ0v) is 13.9. The Hall–Kier alpha value is -1.14. The normalized spacial score (nSPS) is 16.7. The lowest BCUT2D eigenvalue weighted by Gasteiger charge is -2.41. The molecule has 0 aromatic rings. The Balaban J connectivity index is 5.69. The summed E-state index contributed by atoms with van der Waals surface area (Å²) in [6, 6.07) is 0. The van der Waals surface area contributed by atoms with Gasteiger partial charge in [-0.2, -0.15) is 0 Å². The second-order valence-corrected chi connectivity index (χ2v) is 5.71. The number of hydrogen-bond acceptors (Lipinski definition) is 4. The molecular weight excluding hydrogens is 288 g/mol. The Labute approximate surface area is 132 Å². The van der Waals surface area contributed by atoms with Crippen LogP contribution in [-0.4, -0.2) is 45.1 Å². The Bertz CT molecular complexity index is 357. The molecule has 0 fully saturated rings. The van der Waals surface area contributed by atoms with E-state index in [9.17, 15) is 24.9 Å². The molecule has 0 saturated carbocycles. The van der Waals surface area contributed by atoms with Crippen LogP contribution in [0.3, 0.4) is 0 Å². The molecule has 2 unspecified atom stereocenters. The maximum atomic E-state index is 11.9. The zero-order valence-electron chi connectivity index (χ0n) is 13.9. The van der Waals surface area contributed by atoms with Crippen LogP contribution in [0.5, 0.6) is 0 Å². The van der Waals surface area contributed by atoms with E-state index >= 15 is 0 Å². The molecule has 0 aromatic carbocycles. The van der Waals surface area contributed by atoms with Crippen molar-refractivity contribution in [3.63, 3.8) is 0 Å². The number of aliphatic hydroxyl groups is 1. The predicted octanol–water partition coefficient (Wildman–Crippen LogP) is 2.82. The van der Waals surface area contributed by atoms with Crippen molar-refractivity contribution in [3.05, 3.63) is 0 Å². The third kappa shape index (κ3) is 4.68. The Morgan fingerprint density at radius 1 is 0.864 bits per heavy atom. The minimum absolute atomic E-state index is 0.0188. The Morgan fingerprint density at radius 2 is 1.36 bits per heavy atom. The Kier molecular flexibility index (Phi) is 9.28. The van der Waals surface area contributed by atoms with Gasteiger partial charge in [-0.05, 0) is 19.3 Å². The summed E-state index contributed by atoms with van der Waals surface area (Å²) in [5.41, 5.74) is -4.52. The number of aliphatic carboxylic acids is 2. The fourth-order valence-corrected chi connectivity index (χ4v) is 2.47. The van der Waals surface area contributed by atoms with Crippen molar-refractivity contribution in [1.82, 2.24) is 0 Å². The molecule has 6 heteroatoms. The number of carboxylic acids is 2. The highest BCUT2D eigenvalue weighted by Gasteiger charge is 2.61. The van der Waals surface area contributed by atoms with Gasteiger partial charge in [-0.25, -0.2) is 9.59 Å². The van der Waals surface area contributed by atoms with Crippen molar-refractivity contribution in [2.24, 2.45) is 0 Å². The van der Waals surface area contributed by atoms with Crippen molar-refractivity contribution >= 4 is 11.9 Å². The number of unbranched alkanes of at least 4 members (excludes halogenated alkanes) is 3. The molecule has 0 aromatic heterocycles. The van der Waals surface area contributed by atoms with E-state index < -0.39 is 23.1 Å². The topological polar surface area (TPSA) is 104 Å². The van der Waals surface area contributed by atoms with Crippen molar-refractivity contribution in [3.8, 4) is 0 Å². The van der Waals surface area contributed by atoms with Gasteiger partial charge in [0.05, 0.1) is 0 Å². The largest absolute Gasteiger partial charge is 0.479 e. The first kappa shape index (κ1) is 20.9. The molecule has 0 aliphatic carbocycles. The lowest BCUT2D eigenvalue weighted by atomic mass is 9.75. The quantitative estimate of drug-likeness (QED) is 0.451. The summed E-state index contributed by atoms with van der Waals surface area (Å²) in [6.07, 6.45) is 3.50. The van der Waals surface area contributed by atoms with Crippen LogP contribution in [-0.2, 0) is 14.3 Å². The van der Waals surface area contributed by atoms with Crippen molar-refractivity contribution in [1.29, 1.82) is 0 Å². The van der Waals surface area contributed by atoms with Gasteiger partial charge in [0.25, 0.3) is 0 Å². The van der Waals surface area contributed by atoms with Crippen LogP contribution in [0.25, 0.3) is 0 Å². The van der Waals surface area contributed by atoms with Gasteiger partial charge in [-0.3, -0.25) is 0 Å². The average Bonchev–Trinajstić information content (AvgIpc) is 2.47. The molecule has 0 aliphatic heterocycles. The molecule has 22 heavy (non-hydrogen) atoms. The lowest BCUT2D eigenvalue weighted by molar-refractivity contribution is -0.223. The highest BCUT2D eigenvalue weighted by molar-refractivity contribution is 5.91. The van der Waals surface area contributed by atoms with E-state index in [1.54, 1.807) is 0 Å². The zero-order chi connectivity index (χ0) is 17.2. The summed E-state index contributed by atoms with van der Waals surface area (Å²) in [5, 5.41) is 29.9. The summed E-state index contributed by atoms with van der Waals surface area (Å²) in [7, 11) is 0. The first-order valence-corrected chi connectivity index (χ1v) is 8.15. The third-order valence-electron chi connectivity index (χ3n) is 3.99. The first-order chi connectivity index (χ1) is 10.3. The van der Waals surface area contributed by atoms with Gasteiger partial charge >= 0.3 is 11.9 Å². The summed E-state index contributed by atoms with van der Waals surface area (Å²) >= 11 is 0. The SMILES string of the molecule is CCCCOC(CCCC)(C(=O)O)C(O)(CCCC)C(=O)O. The smallest absolute Gasteiger partial charge is 0.339 e. The van der Waals surface area contributed by atoms with Crippen LogP contribution < -0.4 is 0 Å². The van der Waals surface area contributed by atoms with Gasteiger partial charge in [0, 0.05) is 6.61 Å². The van der Waals surface area contributed by atoms with E-state index in [2.05, 4.69) is 0 Å². The minimum Gasteiger partial charge on any atom is -0.479 e. The van der Waals surface area contributed by atoms with Crippen molar-refractivity contribution in [2.45, 2.75) is 83.3 Å². The molecule has 0 radical (unpaired) electrons. The molecule has 0 rings (SSSR count). The van der Waals surface area contributed by atoms with E-state index in [4.69, 9.17) is 4.74 Å². The fourth-order valence-electron chi connectivity index (χ4n) is 2.47. The maximum Gasteiger partial charge on any atom is 0.339 e. The molecule has 0 saturated heterocycles. The summed E-state index contributed by atoms with van der Waals surface area (Å²) in [4.78, 5) is 23.6. The summed E-state index contributed by atoms with van der Waals surface area (Å²) in [6.45, 7) is 5.78. The Morgan fingerprint density at radius 3 is 1.77 bits per heavy atom. The van der Waals surface area contributed by atoms with E-state index in [0.717, 1.165) is 6.42 Å². The van der Waals surface area contributed by atoms with Gasteiger partial charge in [0.1, 0.15) is 0 Å². The number of rotatable bonds is 13. The molecule has 130 valence electrons. The van der Waals surface area contributed by atoms with Gasteiger partial charge in [0.2, 0.25) is 11.2 Å². The molecule has 0 aliphatic rings. The van der Waals surface area contributed by atoms with Crippen molar-refractivity contribution < 1.29 is 29.6 Å². The molecule has 3 N–H and O–H groups in total. The second kappa shape index (κ2) is 9.79. The third-order valence-corrected chi connectivity index (χ3v) is 3.99. The minimum atomic E-state index is -2.42. The highest BCUT2D eigenvalue weighted by atomic mass is 16.5. The van der Waals surface area contributed by atoms with Crippen LogP contribution in [0.1, 0.15) is 72.1 Å². The predicted molar refractivity (Wildman–Crippen MR) is 82.9 cm³/mol. The summed E-state index contributed by atoms with van der Waals surface area (Å²) in [5.74, 6) is -2.94. The second-order valence-electron chi connectivity index (χ2n) is 5.71. The molecule has 0 spiro atoms. The van der Waals surface area contributed by atoms with Crippen LogP contribution in [0.2, 0.25) is 0 Å². The molecular formula is C16H30O6. The molecule has 0 heterocycles. The van der Waals surface area contributed by atoms with Crippen LogP contribution >= 0.6 is 0 Å². The summed E-state index contributed by atoms with van der Waals surface area (Å²) < 4.78 is 5.53. The van der Waals surface area contributed by atoms with Crippen molar-refractivity contribution in [2.75, 3.05) is 6.61 Å². The lowest BCUT2D eigenvalue weighted by Crippen LogP contribution is -2.65. The maximum absolute atomic E-state index is 11.9. The fraction of sp³-hybridized carbons (Fsp3) is 0.875. The number of carboxylic acid groups (broad SMARTS) is 2. The standard InChI is InChI=1S/C16H30O6/c1-4-7-10-15(21,13(17)18)16(14(19)20,11-8-5-2)22-12-9-6-3/h21H,4-12H2,1-3H3,(H,17,18)(H,19,20). The van der Waals surface area contributed by atoms with Gasteiger partial charge in [-0.15, -0.1) is 0 Å². The monoisotopic (exact) mass is 318 g/mol. The van der Waals surface area contributed by atoms with Gasteiger partial charge in [-0.1, -0.05) is 52.9 Å². The van der Waals surface area contributed by atoms with Crippen LogP contribution in [0.15, 0.2) is 0 Å².